The monoisotopic (exact) mass is 218 g/mol. The van der Waals surface area contributed by atoms with Crippen molar-refractivity contribution >= 4 is 18.5 Å². The van der Waals surface area contributed by atoms with E-state index in [1.807, 2.05) is 0 Å². The Morgan fingerprint density at radius 3 is 2.27 bits per heavy atom. The molecule has 1 atom stereocenters. The third-order valence-electron chi connectivity index (χ3n) is 1.19. The van der Waals surface area contributed by atoms with Gasteiger partial charge in [0.15, 0.2) is 0 Å². The summed E-state index contributed by atoms with van der Waals surface area (Å²) in [6.45, 7) is 0. The minimum atomic E-state index is -4.58. The maximum absolute atomic E-state index is 10.9. The van der Waals surface area contributed by atoms with E-state index < -0.39 is 14.2 Å². The van der Waals surface area contributed by atoms with Gasteiger partial charge in [-0.05, 0) is 0 Å². The molecule has 11 heavy (non-hydrogen) atoms. The Kier molecular flexibility index (Phi) is 2.52. The van der Waals surface area contributed by atoms with Crippen molar-refractivity contribution in [3.05, 3.63) is 30.3 Å². The molecule has 2 N–H and O–H groups in total. The molecule has 5 heteroatoms. The van der Waals surface area contributed by atoms with Crippen LogP contribution in [0.15, 0.2) is 30.3 Å². The molecule has 1 aromatic carbocycles. The van der Waals surface area contributed by atoms with Gasteiger partial charge in [-0.25, -0.2) is 0 Å². The van der Waals surface area contributed by atoms with Gasteiger partial charge in [-0.2, -0.15) is 0 Å². The van der Waals surface area contributed by atoms with E-state index >= 15 is 0 Å². The van der Waals surface area contributed by atoms with Crippen LogP contribution in [0.5, 0.6) is 0 Å². The summed E-state index contributed by atoms with van der Waals surface area (Å²) in [5.41, 5.74) is 0. The van der Waals surface area contributed by atoms with Crippen LogP contribution in [0.4, 0.5) is 0 Å². The molecule has 1 rings (SSSR count). The van der Waals surface area contributed by atoms with Crippen molar-refractivity contribution < 1.29 is 17.0 Å². The van der Waals surface area contributed by atoms with Gasteiger partial charge in [0.05, 0.1) is 0 Å². The third-order valence-corrected chi connectivity index (χ3v) is 3.65. The van der Waals surface area contributed by atoms with Gasteiger partial charge in [-0.3, -0.25) is 0 Å². The van der Waals surface area contributed by atoms with Gasteiger partial charge in [-0.1, -0.05) is 0 Å². The van der Waals surface area contributed by atoms with Crippen LogP contribution in [-0.2, 0) is 7.62 Å². The molecule has 0 amide bonds. The summed E-state index contributed by atoms with van der Waals surface area (Å²) in [5.74, 6) is 0. The molecule has 0 saturated heterocycles. The Morgan fingerprint density at radius 1 is 1.27 bits per heavy atom. The molecule has 60 valence electrons. The summed E-state index contributed by atoms with van der Waals surface area (Å²) in [4.78, 5) is 0. The first-order valence-electron chi connectivity index (χ1n) is 2.88. The molecule has 0 aliphatic carbocycles. The Labute approximate surface area is 66.4 Å². The minimum absolute atomic E-state index is 0.133. The first kappa shape index (κ1) is 8.55. The first-order chi connectivity index (χ1) is 5.17. The molecule has 0 saturated carbocycles. The topological polar surface area (TPSA) is 66.8 Å². The molecule has 0 aromatic heterocycles. The standard InChI is InChI=1S/C6H7AsO4/c8-7(9,11-10)6-4-2-1-3-5-6/h1-5,10H,(H,8,9). The van der Waals surface area contributed by atoms with E-state index in [1.165, 1.54) is 12.1 Å². The van der Waals surface area contributed by atoms with Crippen LogP contribution in [0.25, 0.3) is 0 Å². The second kappa shape index (κ2) is 3.24. The molecule has 4 nitrogen and oxygen atoms in total. The zero-order valence-electron chi connectivity index (χ0n) is 5.54. The van der Waals surface area contributed by atoms with Gasteiger partial charge < -0.3 is 0 Å². The van der Waals surface area contributed by atoms with E-state index in [4.69, 9.17) is 9.35 Å². The number of hydrogen-bond donors (Lipinski definition) is 2. The maximum atomic E-state index is 10.9. The molecule has 0 aliphatic rings. The first-order valence-corrected chi connectivity index (χ1v) is 6.19. The van der Waals surface area contributed by atoms with Crippen molar-refractivity contribution in [2.45, 2.75) is 0 Å². The van der Waals surface area contributed by atoms with Crippen LogP contribution < -0.4 is 4.35 Å². The van der Waals surface area contributed by atoms with Crippen LogP contribution in [0, 0.1) is 0 Å². The van der Waals surface area contributed by atoms with Crippen LogP contribution in [-0.4, -0.2) is 23.5 Å². The Morgan fingerprint density at radius 2 is 1.82 bits per heavy atom. The van der Waals surface area contributed by atoms with E-state index in [2.05, 4.69) is 3.88 Å². The van der Waals surface area contributed by atoms with Gasteiger partial charge in [-0.15, -0.1) is 0 Å². The molecule has 0 fully saturated rings. The normalized spacial score (nSPS) is 15.8. The molecular weight excluding hydrogens is 211 g/mol. The molecule has 0 spiro atoms. The van der Waals surface area contributed by atoms with Gasteiger partial charge in [0.25, 0.3) is 0 Å². The molecule has 1 aromatic rings. The van der Waals surface area contributed by atoms with Crippen molar-refractivity contribution in [1.82, 2.24) is 0 Å². The molecule has 0 aliphatic heterocycles. The van der Waals surface area contributed by atoms with E-state index in [1.54, 1.807) is 18.2 Å². The Bertz CT molecular complexity index is 271. The van der Waals surface area contributed by atoms with Crippen molar-refractivity contribution in [2.75, 3.05) is 0 Å². The van der Waals surface area contributed by atoms with E-state index in [0.29, 0.717) is 0 Å². The average molecular weight is 218 g/mol. The number of hydrogen-bond acceptors (Lipinski definition) is 3. The predicted octanol–water partition coefficient (Wildman–Crippen LogP) is -0.255. The zero-order chi connectivity index (χ0) is 8.32. The SMILES string of the molecule is O=[As](O)(OO)c1ccccc1. The van der Waals surface area contributed by atoms with E-state index in [0.717, 1.165) is 0 Å². The van der Waals surface area contributed by atoms with Crippen LogP contribution in [0.1, 0.15) is 0 Å². The summed E-state index contributed by atoms with van der Waals surface area (Å²) in [6.07, 6.45) is 0. The van der Waals surface area contributed by atoms with Gasteiger partial charge in [0, 0.05) is 0 Å². The van der Waals surface area contributed by atoms with Crippen LogP contribution in [0.2, 0.25) is 0 Å². The van der Waals surface area contributed by atoms with Gasteiger partial charge >= 0.3 is 65.8 Å². The Balaban J connectivity index is 3.03. The Hall–Kier alpha value is -0.542. The number of rotatable bonds is 2. The molecular formula is C6H7AsO4. The molecule has 0 heterocycles. The fraction of sp³-hybridized carbons (Fsp3) is 0. The molecule has 1 unspecified atom stereocenters. The van der Waals surface area contributed by atoms with Crippen molar-refractivity contribution in [1.29, 1.82) is 0 Å². The number of benzene rings is 1. The van der Waals surface area contributed by atoms with Crippen LogP contribution >= 0.6 is 0 Å². The predicted molar refractivity (Wildman–Crippen MR) is 38.4 cm³/mol. The van der Waals surface area contributed by atoms with Crippen molar-refractivity contribution in [2.24, 2.45) is 0 Å². The average Bonchev–Trinajstić information content (AvgIpc) is 2.06. The summed E-state index contributed by atoms with van der Waals surface area (Å²) >= 11 is -4.58. The fourth-order valence-corrected chi connectivity index (χ4v) is 2.01. The molecule has 0 bridgehead atoms. The summed E-state index contributed by atoms with van der Waals surface area (Å²) in [7, 11) is 0. The van der Waals surface area contributed by atoms with Gasteiger partial charge in [0.2, 0.25) is 0 Å². The second-order valence-corrected chi connectivity index (χ2v) is 5.55. The zero-order valence-corrected chi connectivity index (χ0v) is 7.42. The third kappa shape index (κ3) is 1.94. The summed E-state index contributed by atoms with van der Waals surface area (Å²) in [5, 5.41) is 8.06. The fourth-order valence-electron chi connectivity index (χ4n) is 0.664. The van der Waals surface area contributed by atoms with E-state index in [9.17, 15) is 3.74 Å². The second-order valence-electron chi connectivity index (χ2n) is 1.94. The quantitative estimate of drug-likeness (QED) is 0.408. The summed E-state index contributed by atoms with van der Waals surface area (Å²) in [6, 6.07) is 7.75. The molecule has 0 radical (unpaired) electrons. The van der Waals surface area contributed by atoms with Crippen molar-refractivity contribution in [3.8, 4) is 0 Å². The van der Waals surface area contributed by atoms with Crippen molar-refractivity contribution in [3.63, 3.8) is 0 Å². The van der Waals surface area contributed by atoms with Gasteiger partial charge in [0.1, 0.15) is 0 Å². The van der Waals surface area contributed by atoms with E-state index in [-0.39, 0.29) is 4.35 Å². The van der Waals surface area contributed by atoms with Crippen LogP contribution in [0.3, 0.4) is 0 Å². The summed E-state index contributed by atoms with van der Waals surface area (Å²) < 4.78 is 23.5.